The summed E-state index contributed by atoms with van der Waals surface area (Å²) < 4.78 is 0. The second-order valence-electron chi connectivity index (χ2n) is 20.9. The number of hydrogen-bond donors (Lipinski definition) is 13. The van der Waals surface area contributed by atoms with Crippen molar-refractivity contribution < 1.29 is 38.4 Å². The number of nitrogens with two attached hydrogens (primary N) is 4. The summed E-state index contributed by atoms with van der Waals surface area (Å²) in [6, 6.07) is 8.08. The van der Waals surface area contributed by atoms with Crippen molar-refractivity contribution in [1.29, 1.82) is 5.41 Å². The number of aliphatic imine (C=N–C) groups is 1. The smallest absolute Gasteiger partial charge is 0.243 e. The van der Waals surface area contributed by atoms with Crippen LogP contribution >= 0.6 is 0 Å². The van der Waals surface area contributed by atoms with Gasteiger partial charge in [-0.25, -0.2) is 0 Å². The molecule has 0 heterocycles. The van der Waals surface area contributed by atoms with Crippen molar-refractivity contribution in [2.45, 2.75) is 169 Å². The fourth-order valence-electron chi connectivity index (χ4n) is 8.20. The Kier molecular flexibility index (Phi) is 28.9. The number of nitrogens with one attached hydrogen (secondary N) is 9. The Labute approximate surface area is 448 Å². The normalized spacial score (nSPS) is 14.0. The molecule has 0 saturated heterocycles. The number of unbranched alkanes of at least 4 members (excludes halogenated alkanes) is 1. The summed E-state index contributed by atoms with van der Waals surface area (Å²) in [4.78, 5) is 115. The highest BCUT2D eigenvalue weighted by atomic mass is 16.2. The van der Waals surface area contributed by atoms with Crippen molar-refractivity contribution in [2.24, 2.45) is 51.6 Å². The number of nitrogens with zero attached hydrogens (tertiary/aromatic N) is 1. The Bertz CT molecular complexity index is 2240. The third-order valence-corrected chi connectivity index (χ3v) is 12.1. The molecule has 0 radical (unpaired) electrons. The summed E-state index contributed by atoms with van der Waals surface area (Å²) in [6.07, 6.45) is 2.31. The zero-order valence-corrected chi connectivity index (χ0v) is 46.1. The van der Waals surface area contributed by atoms with Gasteiger partial charge in [-0.15, -0.1) is 0 Å². The van der Waals surface area contributed by atoms with Gasteiger partial charge in [0.15, 0.2) is 5.96 Å². The molecular formula is C54H88N14O8. The molecule has 0 fully saturated rings. The first-order chi connectivity index (χ1) is 35.8. The minimum absolute atomic E-state index is 0.0176. The van der Waals surface area contributed by atoms with Crippen LogP contribution in [0.4, 0.5) is 0 Å². The van der Waals surface area contributed by atoms with E-state index in [1.807, 2.05) is 71.9 Å². The van der Waals surface area contributed by atoms with Gasteiger partial charge in [0, 0.05) is 32.0 Å². The van der Waals surface area contributed by atoms with E-state index in [-0.39, 0.29) is 87.6 Å². The number of guanidine groups is 1. The van der Waals surface area contributed by atoms with Crippen molar-refractivity contribution in [3.05, 3.63) is 71.3 Å². The van der Waals surface area contributed by atoms with Gasteiger partial charge in [-0.05, 0) is 92.7 Å². The Morgan fingerprint density at radius 1 is 0.513 bits per heavy atom. The minimum Gasteiger partial charge on any atom is -0.384 e. The molecule has 22 heteroatoms. The molecule has 0 aliphatic rings. The van der Waals surface area contributed by atoms with Crippen molar-refractivity contribution in [3.63, 3.8) is 0 Å². The number of hydrogen-bond acceptors (Lipinski definition) is 11. The van der Waals surface area contributed by atoms with E-state index < -0.39 is 95.5 Å². The number of amidine groups is 1. The molecule has 2 aromatic rings. The van der Waals surface area contributed by atoms with Crippen LogP contribution in [0.5, 0.6) is 0 Å². The molecule has 8 amide bonds. The van der Waals surface area contributed by atoms with Crippen LogP contribution in [0.15, 0.2) is 59.6 Å². The zero-order chi connectivity index (χ0) is 57.1. The maximum absolute atomic E-state index is 14.4. The first-order valence-corrected chi connectivity index (χ1v) is 26.4. The number of nitrogen functional groups attached to an aromatic ring is 1. The Balaban J connectivity index is 2.39. The molecule has 0 spiro atoms. The Morgan fingerprint density at radius 3 is 1.41 bits per heavy atom. The van der Waals surface area contributed by atoms with Crippen LogP contribution < -0.4 is 65.5 Å². The number of rotatable bonds is 34. The van der Waals surface area contributed by atoms with Crippen LogP contribution in [-0.4, -0.2) is 114 Å². The van der Waals surface area contributed by atoms with Gasteiger partial charge < -0.3 is 65.5 Å². The van der Waals surface area contributed by atoms with Crippen LogP contribution in [0.1, 0.15) is 130 Å². The zero-order valence-electron chi connectivity index (χ0n) is 46.1. The summed E-state index contributed by atoms with van der Waals surface area (Å²) in [5, 5.41) is 30.0. The Hall–Kier alpha value is -7.10. The van der Waals surface area contributed by atoms with Gasteiger partial charge in [-0.1, -0.05) is 110 Å². The standard InChI is InChI=1S/C54H88N14O8/c1-31(2)26-41(65-50(73)42(27-32(3)4)66-51(74)43(28-33(5)6)67-52(75)44(62-35(9)69)29-36-16-11-10-12-17-36)49(72)63-40(19-15-25-60-54(58)59)48(71)68-45(34(7)8)53(76)64-39(18-13-14-24-55)47(70)61-30-37-20-22-38(23-21-37)46(56)57/h10-12,16-17,20-23,31-34,39-45H,13-15,18-19,24-30,55H2,1-9H3,(H3,56,57)(H,61,70)(H,62,69)(H,63,72)(H,64,76)(H,65,73)(H,66,74)(H,67,75)(H,68,71)(H4,58,59,60)/t39-,40-,41-,42-,43-,44-,45-/m0/s1. The molecule has 0 bridgehead atoms. The summed E-state index contributed by atoms with van der Waals surface area (Å²) in [5.41, 5.74) is 24.5. The topological polar surface area (TPSA) is 373 Å². The van der Waals surface area contributed by atoms with E-state index in [0.29, 0.717) is 24.9 Å². The molecule has 2 rings (SSSR count). The molecule has 0 aromatic heterocycles. The lowest BCUT2D eigenvalue weighted by molar-refractivity contribution is -0.136. The molecule has 22 nitrogen and oxygen atoms in total. The molecule has 76 heavy (non-hydrogen) atoms. The lowest BCUT2D eigenvalue weighted by Crippen LogP contribution is -2.61. The van der Waals surface area contributed by atoms with E-state index >= 15 is 0 Å². The molecular weight excluding hydrogens is 973 g/mol. The predicted molar refractivity (Wildman–Crippen MR) is 295 cm³/mol. The molecule has 0 aliphatic heterocycles. The molecule has 422 valence electrons. The van der Waals surface area contributed by atoms with Gasteiger partial charge in [0.05, 0.1) is 0 Å². The average Bonchev–Trinajstić information content (AvgIpc) is 3.34. The average molecular weight is 1060 g/mol. The van der Waals surface area contributed by atoms with Crippen molar-refractivity contribution in [1.82, 2.24) is 42.5 Å². The summed E-state index contributed by atoms with van der Waals surface area (Å²) in [6.45, 7) is 16.6. The molecule has 17 N–H and O–H groups in total. The maximum Gasteiger partial charge on any atom is 0.243 e. The van der Waals surface area contributed by atoms with Gasteiger partial charge in [0.25, 0.3) is 0 Å². The molecule has 0 unspecified atom stereocenters. The van der Waals surface area contributed by atoms with Crippen molar-refractivity contribution in [3.8, 4) is 0 Å². The van der Waals surface area contributed by atoms with E-state index in [9.17, 15) is 38.4 Å². The highest BCUT2D eigenvalue weighted by molar-refractivity contribution is 5.98. The van der Waals surface area contributed by atoms with Gasteiger partial charge in [-0.3, -0.25) is 48.8 Å². The quantitative estimate of drug-likeness (QED) is 0.0267. The van der Waals surface area contributed by atoms with Gasteiger partial charge in [0.2, 0.25) is 47.3 Å². The fraction of sp³-hybridized carbons (Fsp3) is 0.593. The summed E-state index contributed by atoms with van der Waals surface area (Å²) in [7, 11) is 0. The van der Waals surface area contributed by atoms with E-state index in [4.69, 9.17) is 28.3 Å². The molecule has 7 atom stereocenters. The van der Waals surface area contributed by atoms with E-state index in [1.54, 1.807) is 38.1 Å². The largest absolute Gasteiger partial charge is 0.384 e. The van der Waals surface area contributed by atoms with Gasteiger partial charge in [0.1, 0.15) is 48.1 Å². The fourth-order valence-corrected chi connectivity index (χ4v) is 8.20. The third-order valence-electron chi connectivity index (χ3n) is 12.1. The van der Waals surface area contributed by atoms with Crippen LogP contribution in [0.3, 0.4) is 0 Å². The second kappa shape index (κ2) is 33.7. The SMILES string of the molecule is CC(=O)N[C@@H](Cc1ccccc1)C(=O)N[C@@H](CC(C)C)C(=O)N[C@@H](CC(C)C)C(=O)N[C@@H](CC(C)C)C(=O)N[C@@H](CCCN=C(N)N)C(=O)N[C@H](C(=O)N[C@@H](CCCCN)C(=O)NCc1ccc(C(=N)N)cc1)C(C)C. The van der Waals surface area contributed by atoms with Gasteiger partial charge >= 0.3 is 0 Å². The van der Waals surface area contributed by atoms with Crippen molar-refractivity contribution >= 4 is 59.1 Å². The first kappa shape index (κ1) is 65.0. The van der Waals surface area contributed by atoms with Crippen LogP contribution in [0.2, 0.25) is 0 Å². The predicted octanol–water partition coefficient (Wildman–Crippen LogP) is 1.22. The van der Waals surface area contributed by atoms with E-state index in [0.717, 1.165) is 11.1 Å². The Morgan fingerprint density at radius 2 is 0.961 bits per heavy atom. The monoisotopic (exact) mass is 1060 g/mol. The third kappa shape index (κ3) is 25.0. The molecule has 0 aliphatic carbocycles. The van der Waals surface area contributed by atoms with Crippen molar-refractivity contribution in [2.75, 3.05) is 13.1 Å². The number of carbonyl (C=O) groups excluding carboxylic acids is 8. The molecule has 2 aromatic carbocycles. The van der Waals surface area contributed by atoms with E-state index in [2.05, 4.69) is 47.5 Å². The highest BCUT2D eigenvalue weighted by Gasteiger charge is 2.35. The van der Waals surface area contributed by atoms with Gasteiger partial charge in [-0.2, -0.15) is 0 Å². The van der Waals surface area contributed by atoms with E-state index in [1.165, 1.54) is 6.92 Å². The highest BCUT2D eigenvalue weighted by Crippen LogP contribution is 2.14. The van der Waals surface area contributed by atoms with Crippen LogP contribution in [0.25, 0.3) is 0 Å². The number of amides is 8. The number of benzene rings is 2. The summed E-state index contributed by atoms with van der Waals surface area (Å²) in [5.74, 6) is -5.88. The lowest BCUT2D eigenvalue weighted by atomic mass is 9.98. The summed E-state index contributed by atoms with van der Waals surface area (Å²) >= 11 is 0. The number of carbonyl (C=O) groups is 8. The van der Waals surface area contributed by atoms with Crippen LogP contribution in [-0.2, 0) is 51.3 Å². The maximum atomic E-state index is 14.4. The minimum atomic E-state index is -1.25. The molecule has 0 saturated carbocycles. The second-order valence-corrected chi connectivity index (χ2v) is 20.9. The first-order valence-electron chi connectivity index (χ1n) is 26.4. The van der Waals surface area contributed by atoms with Crippen LogP contribution in [0, 0.1) is 29.1 Å². The lowest BCUT2D eigenvalue weighted by Gasteiger charge is -2.29.